The lowest BCUT2D eigenvalue weighted by Gasteiger charge is -2.32. The first-order valence-corrected chi connectivity index (χ1v) is 9.84. The summed E-state index contributed by atoms with van der Waals surface area (Å²) in [6, 6.07) is 0.796. The van der Waals surface area contributed by atoms with Crippen LogP contribution < -0.4 is 5.32 Å². The van der Waals surface area contributed by atoms with E-state index < -0.39 is 0 Å². The van der Waals surface area contributed by atoms with Crippen LogP contribution in [0.3, 0.4) is 0 Å². The first kappa shape index (κ1) is 15.0. The molecule has 124 valence electrons. The zero-order chi connectivity index (χ0) is 14.9. The van der Waals surface area contributed by atoms with E-state index >= 15 is 0 Å². The molecule has 1 amide bonds. The van der Waals surface area contributed by atoms with Crippen LogP contribution in [0.2, 0.25) is 0 Å². The molecular formula is C19H32N2O. The van der Waals surface area contributed by atoms with Crippen LogP contribution in [-0.4, -0.2) is 36.5 Å². The topological polar surface area (TPSA) is 32.3 Å². The van der Waals surface area contributed by atoms with Gasteiger partial charge in [0.1, 0.15) is 0 Å². The van der Waals surface area contributed by atoms with Crippen LogP contribution in [0.5, 0.6) is 0 Å². The fourth-order valence-electron chi connectivity index (χ4n) is 6.14. The summed E-state index contributed by atoms with van der Waals surface area (Å²) in [7, 11) is 0. The van der Waals surface area contributed by atoms with Crippen LogP contribution >= 0.6 is 0 Å². The summed E-state index contributed by atoms with van der Waals surface area (Å²) >= 11 is 0. The Kier molecular flexibility index (Phi) is 4.43. The van der Waals surface area contributed by atoms with Gasteiger partial charge in [0.05, 0.1) is 0 Å². The Morgan fingerprint density at radius 3 is 2.86 bits per heavy atom. The molecule has 3 nitrogen and oxygen atoms in total. The SMILES string of the molecule is O=C1CCCCCN1CCCN[C@@H]1C[C@H]2C[C@H]1[C@H]1CCC[C@@H]21. The smallest absolute Gasteiger partial charge is 0.222 e. The van der Waals surface area contributed by atoms with Crippen molar-refractivity contribution in [1.82, 2.24) is 10.2 Å². The van der Waals surface area contributed by atoms with Crippen LogP contribution in [0.25, 0.3) is 0 Å². The van der Waals surface area contributed by atoms with E-state index in [1.54, 1.807) is 0 Å². The normalized spacial score (nSPS) is 41.0. The largest absolute Gasteiger partial charge is 0.343 e. The zero-order valence-electron chi connectivity index (χ0n) is 13.9. The van der Waals surface area contributed by atoms with Crippen molar-refractivity contribution in [2.24, 2.45) is 23.7 Å². The Hall–Kier alpha value is -0.570. The molecule has 3 heteroatoms. The van der Waals surface area contributed by atoms with E-state index in [0.717, 1.165) is 68.6 Å². The molecule has 0 radical (unpaired) electrons. The molecule has 0 aromatic heterocycles. The van der Waals surface area contributed by atoms with E-state index in [9.17, 15) is 4.79 Å². The van der Waals surface area contributed by atoms with Gasteiger partial charge in [0.2, 0.25) is 5.91 Å². The minimum absolute atomic E-state index is 0.395. The summed E-state index contributed by atoms with van der Waals surface area (Å²) in [6.45, 7) is 3.07. The summed E-state index contributed by atoms with van der Waals surface area (Å²) < 4.78 is 0. The van der Waals surface area contributed by atoms with Crippen LogP contribution in [0.15, 0.2) is 0 Å². The molecule has 4 fully saturated rings. The van der Waals surface area contributed by atoms with Crippen molar-refractivity contribution in [3.8, 4) is 0 Å². The second kappa shape index (κ2) is 6.51. The predicted octanol–water partition coefficient (Wildman–Crippen LogP) is 3.19. The molecule has 1 heterocycles. The quantitative estimate of drug-likeness (QED) is 0.791. The van der Waals surface area contributed by atoms with E-state index in [1.807, 2.05) is 0 Å². The number of carbonyl (C=O) groups excluding carboxylic acids is 1. The van der Waals surface area contributed by atoms with E-state index in [4.69, 9.17) is 0 Å². The molecule has 3 saturated carbocycles. The lowest BCUT2D eigenvalue weighted by atomic mass is 9.79. The third-order valence-corrected chi connectivity index (χ3v) is 7.11. The number of nitrogens with zero attached hydrogens (tertiary/aromatic N) is 1. The molecule has 0 aromatic rings. The van der Waals surface area contributed by atoms with Crippen molar-refractivity contribution in [3.63, 3.8) is 0 Å². The molecule has 4 aliphatic rings. The van der Waals surface area contributed by atoms with Crippen molar-refractivity contribution < 1.29 is 4.79 Å². The first-order valence-electron chi connectivity index (χ1n) is 9.84. The molecule has 1 N–H and O–H groups in total. The van der Waals surface area contributed by atoms with Gasteiger partial charge in [-0.2, -0.15) is 0 Å². The molecular weight excluding hydrogens is 272 g/mol. The van der Waals surface area contributed by atoms with Crippen molar-refractivity contribution in [2.75, 3.05) is 19.6 Å². The van der Waals surface area contributed by atoms with Crippen molar-refractivity contribution in [3.05, 3.63) is 0 Å². The number of fused-ring (bicyclic) bond motifs is 5. The van der Waals surface area contributed by atoms with Crippen LogP contribution in [-0.2, 0) is 4.79 Å². The number of rotatable bonds is 5. The fraction of sp³-hybridized carbons (Fsp3) is 0.947. The van der Waals surface area contributed by atoms with Crippen LogP contribution in [0.1, 0.15) is 64.2 Å². The molecule has 5 atom stereocenters. The zero-order valence-corrected chi connectivity index (χ0v) is 13.9. The highest BCUT2D eigenvalue weighted by molar-refractivity contribution is 5.76. The summed E-state index contributed by atoms with van der Waals surface area (Å²) in [5, 5.41) is 3.86. The maximum Gasteiger partial charge on any atom is 0.222 e. The van der Waals surface area contributed by atoms with Crippen molar-refractivity contribution in [1.29, 1.82) is 0 Å². The standard InChI is InChI=1S/C19H32N2O/c22-19-8-2-1-3-10-21(19)11-5-9-20-18-13-14-12-17(18)16-7-4-6-15(14)16/h14-18,20H,1-13H2/t14-,15+,16+,17+,18-/m1/s1. The highest BCUT2D eigenvalue weighted by Crippen LogP contribution is 2.58. The number of hydrogen-bond donors (Lipinski definition) is 1. The summed E-state index contributed by atoms with van der Waals surface area (Å²) in [5.41, 5.74) is 0. The minimum Gasteiger partial charge on any atom is -0.343 e. The molecule has 3 aliphatic carbocycles. The average Bonchev–Trinajstić information content (AvgIpc) is 3.17. The third-order valence-electron chi connectivity index (χ3n) is 7.11. The van der Waals surface area contributed by atoms with Gasteiger partial charge in [0, 0.05) is 25.6 Å². The first-order chi connectivity index (χ1) is 10.8. The summed E-state index contributed by atoms with van der Waals surface area (Å²) in [5.74, 6) is 4.58. The predicted molar refractivity (Wildman–Crippen MR) is 88.5 cm³/mol. The second-order valence-corrected chi connectivity index (χ2v) is 8.26. The number of hydrogen-bond acceptors (Lipinski definition) is 2. The fourth-order valence-corrected chi connectivity index (χ4v) is 6.14. The number of nitrogens with one attached hydrogen (secondary N) is 1. The lowest BCUT2D eigenvalue weighted by Crippen LogP contribution is -2.41. The Morgan fingerprint density at radius 2 is 1.91 bits per heavy atom. The monoisotopic (exact) mass is 304 g/mol. The molecule has 1 saturated heterocycles. The molecule has 2 bridgehead atoms. The van der Waals surface area contributed by atoms with Gasteiger partial charge < -0.3 is 10.2 Å². The summed E-state index contributed by atoms with van der Waals surface area (Å²) in [4.78, 5) is 14.1. The highest BCUT2D eigenvalue weighted by atomic mass is 16.2. The maximum absolute atomic E-state index is 12.0. The van der Waals surface area contributed by atoms with Crippen LogP contribution in [0.4, 0.5) is 0 Å². The number of amides is 1. The number of likely N-dealkylation sites (tertiary alicyclic amines) is 1. The van der Waals surface area contributed by atoms with Gasteiger partial charge in [-0.1, -0.05) is 12.8 Å². The Balaban J connectivity index is 1.19. The third kappa shape index (κ3) is 2.81. The van der Waals surface area contributed by atoms with Gasteiger partial charge >= 0.3 is 0 Å². The molecule has 22 heavy (non-hydrogen) atoms. The van der Waals surface area contributed by atoms with E-state index in [2.05, 4.69) is 10.2 Å². The van der Waals surface area contributed by atoms with E-state index in [1.165, 1.54) is 44.9 Å². The second-order valence-electron chi connectivity index (χ2n) is 8.26. The van der Waals surface area contributed by atoms with Crippen molar-refractivity contribution >= 4 is 5.91 Å². The highest BCUT2D eigenvalue weighted by Gasteiger charge is 2.53. The van der Waals surface area contributed by atoms with E-state index in [0.29, 0.717) is 5.91 Å². The molecule has 0 spiro atoms. The molecule has 4 rings (SSSR count). The minimum atomic E-state index is 0.395. The lowest BCUT2D eigenvalue weighted by molar-refractivity contribution is -0.130. The average molecular weight is 304 g/mol. The van der Waals surface area contributed by atoms with Crippen LogP contribution in [0, 0.1) is 23.7 Å². The Morgan fingerprint density at radius 1 is 1.00 bits per heavy atom. The van der Waals surface area contributed by atoms with Gasteiger partial charge in [-0.3, -0.25) is 4.79 Å². The molecule has 0 aromatic carbocycles. The van der Waals surface area contributed by atoms with Gasteiger partial charge in [0.25, 0.3) is 0 Å². The Bertz CT molecular complexity index is 410. The summed E-state index contributed by atoms with van der Waals surface area (Å²) in [6.07, 6.45) is 12.9. The van der Waals surface area contributed by atoms with Gasteiger partial charge in [-0.05, 0) is 75.2 Å². The van der Waals surface area contributed by atoms with Gasteiger partial charge in [-0.25, -0.2) is 0 Å². The van der Waals surface area contributed by atoms with Crippen molar-refractivity contribution in [2.45, 2.75) is 70.3 Å². The van der Waals surface area contributed by atoms with E-state index in [-0.39, 0.29) is 0 Å². The maximum atomic E-state index is 12.0. The van der Waals surface area contributed by atoms with Gasteiger partial charge in [-0.15, -0.1) is 0 Å². The Labute approximate surface area is 135 Å². The number of carbonyl (C=O) groups is 1. The molecule has 0 unspecified atom stereocenters. The molecule has 1 aliphatic heterocycles. The van der Waals surface area contributed by atoms with Gasteiger partial charge in [0.15, 0.2) is 0 Å².